The highest BCUT2D eigenvalue weighted by atomic mass is 15.2. The van der Waals surface area contributed by atoms with Gasteiger partial charge >= 0.3 is 0 Å². The third-order valence-electron chi connectivity index (χ3n) is 4.02. The van der Waals surface area contributed by atoms with E-state index in [0.717, 1.165) is 13.1 Å². The van der Waals surface area contributed by atoms with Crippen LogP contribution in [-0.4, -0.2) is 39.6 Å². The van der Waals surface area contributed by atoms with E-state index in [1.807, 2.05) is 12.5 Å². The van der Waals surface area contributed by atoms with E-state index in [9.17, 15) is 0 Å². The Bertz CT molecular complexity index is 377. The SMILES string of the molecule is CC(C)N(Cc1cncn1C(C)C)CC1CCCN1. The van der Waals surface area contributed by atoms with Crippen LogP contribution in [0, 0.1) is 0 Å². The number of nitrogens with zero attached hydrogens (tertiary/aromatic N) is 3. The van der Waals surface area contributed by atoms with E-state index in [1.165, 1.54) is 25.1 Å². The van der Waals surface area contributed by atoms with Gasteiger partial charge < -0.3 is 9.88 Å². The third kappa shape index (κ3) is 3.80. The van der Waals surface area contributed by atoms with E-state index in [0.29, 0.717) is 18.1 Å². The molecule has 1 fully saturated rings. The number of imidazole rings is 1. The van der Waals surface area contributed by atoms with E-state index in [1.54, 1.807) is 0 Å². The van der Waals surface area contributed by atoms with Crippen molar-refractivity contribution in [1.29, 1.82) is 0 Å². The van der Waals surface area contributed by atoms with Gasteiger partial charge in [0.1, 0.15) is 0 Å². The van der Waals surface area contributed by atoms with Crippen molar-refractivity contribution in [2.45, 2.75) is 65.2 Å². The minimum absolute atomic E-state index is 0.483. The highest BCUT2D eigenvalue weighted by molar-refractivity contribution is 5.00. The molecule has 1 aromatic rings. The fourth-order valence-electron chi connectivity index (χ4n) is 2.78. The molecule has 1 unspecified atom stereocenters. The molecule has 0 aliphatic carbocycles. The van der Waals surface area contributed by atoms with Crippen molar-refractivity contribution in [3.8, 4) is 0 Å². The van der Waals surface area contributed by atoms with Gasteiger partial charge in [0.15, 0.2) is 0 Å². The minimum atomic E-state index is 0.483. The van der Waals surface area contributed by atoms with Crippen LogP contribution in [-0.2, 0) is 6.54 Å². The molecule has 19 heavy (non-hydrogen) atoms. The standard InChI is InChI=1S/C15H28N4/c1-12(2)18(9-14-6-5-7-17-14)10-15-8-16-11-19(15)13(3)4/h8,11-14,17H,5-7,9-10H2,1-4H3. The summed E-state index contributed by atoms with van der Waals surface area (Å²) in [5.74, 6) is 0. The molecule has 0 amide bonds. The molecular formula is C15H28N4. The van der Waals surface area contributed by atoms with E-state index in [-0.39, 0.29) is 0 Å². The molecule has 1 aliphatic rings. The Balaban J connectivity index is 2.01. The maximum Gasteiger partial charge on any atom is 0.0951 e. The summed E-state index contributed by atoms with van der Waals surface area (Å²) in [6, 6.07) is 1.71. The minimum Gasteiger partial charge on any atom is -0.331 e. The van der Waals surface area contributed by atoms with Crippen molar-refractivity contribution in [2.75, 3.05) is 13.1 Å². The Hall–Kier alpha value is -0.870. The van der Waals surface area contributed by atoms with E-state index < -0.39 is 0 Å². The van der Waals surface area contributed by atoms with Crippen molar-refractivity contribution < 1.29 is 0 Å². The summed E-state index contributed by atoms with van der Waals surface area (Å²) in [6.07, 6.45) is 6.59. The molecule has 4 heteroatoms. The van der Waals surface area contributed by atoms with Gasteiger partial charge in [-0.15, -0.1) is 0 Å². The van der Waals surface area contributed by atoms with Crippen molar-refractivity contribution in [2.24, 2.45) is 0 Å². The third-order valence-corrected chi connectivity index (χ3v) is 4.02. The summed E-state index contributed by atoms with van der Waals surface area (Å²) < 4.78 is 2.28. The lowest BCUT2D eigenvalue weighted by atomic mass is 10.2. The number of nitrogens with one attached hydrogen (secondary N) is 1. The second-order valence-electron chi connectivity index (χ2n) is 6.20. The zero-order valence-electron chi connectivity index (χ0n) is 12.8. The molecule has 1 aliphatic heterocycles. The molecule has 108 valence electrons. The zero-order valence-corrected chi connectivity index (χ0v) is 12.8. The number of rotatable bonds is 6. The monoisotopic (exact) mass is 264 g/mol. The van der Waals surface area contributed by atoms with Crippen LogP contribution >= 0.6 is 0 Å². The topological polar surface area (TPSA) is 33.1 Å². The van der Waals surface area contributed by atoms with Gasteiger partial charge in [-0.25, -0.2) is 4.98 Å². The highest BCUT2D eigenvalue weighted by Crippen LogP contribution is 2.15. The first-order chi connectivity index (χ1) is 9.08. The smallest absolute Gasteiger partial charge is 0.0951 e. The predicted octanol–water partition coefficient (Wildman–Crippen LogP) is 2.43. The first-order valence-corrected chi connectivity index (χ1v) is 7.56. The van der Waals surface area contributed by atoms with Crippen molar-refractivity contribution >= 4 is 0 Å². The van der Waals surface area contributed by atoms with E-state index >= 15 is 0 Å². The highest BCUT2D eigenvalue weighted by Gasteiger charge is 2.21. The average Bonchev–Trinajstić information content (AvgIpc) is 2.98. The van der Waals surface area contributed by atoms with Crippen LogP contribution in [0.3, 0.4) is 0 Å². The fraction of sp³-hybridized carbons (Fsp3) is 0.800. The quantitative estimate of drug-likeness (QED) is 0.856. The number of aromatic nitrogens is 2. The summed E-state index contributed by atoms with van der Waals surface area (Å²) in [5.41, 5.74) is 1.32. The molecule has 2 rings (SSSR count). The van der Waals surface area contributed by atoms with Gasteiger partial charge in [-0.05, 0) is 47.1 Å². The molecule has 1 atom stereocenters. The van der Waals surface area contributed by atoms with Gasteiger partial charge in [0, 0.05) is 37.4 Å². The second-order valence-corrected chi connectivity index (χ2v) is 6.20. The van der Waals surface area contributed by atoms with Crippen LogP contribution in [0.15, 0.2) is 12.5 Å². The maximum absolute atomic E-state index is 4.31. The van der Waals surface area contributed by atoms with Crippen LogP contribution in [0.1, 0.15) is 52.3 Å². The molecule has 0 spiro atoms. The lowest BCUT2D eigenvalue weighted by Crippen LogP contribution is -2.41. The Labute approximate surface area is 117 Å². The normalized spacial score (nSPS) is 20.1. The molecular weight excluding hydrogens is 236 g/mol. The van der Waals surface area contributed by atoms with Crippen LogP contribution in [0.25, 0.3) is 0 Å². The Morgan fingerprint density at radius 2 is 2.21 bits per heavy atom. The van der Waals surface area contributed by atoms with Crippen molar-refractivity contribution in [3.05, 3.63) is 18.2 Å². The lowest BCUT2D eigenvalue weighted by molar-refractivity contribution is 0.188. The second kappa shape index (κ2) is 6.53. The molecule has 1 N–H and O–H groups in total. The summed E-state index contributed by atoms with van der Waals surface area (Å²) in [4.78, 5) is 6.86. The molecule has 0 radical (unpaired) electrons. The van der Waals surface area contributed by atoms with Crippen LogP contribution < -0.4 is 5.32 Å². The number of hydrogen-bond acceptors (Lipinski definition) is 3. The molecule has 0 bridgehead atoms. The van der Waals surface area contributed by atoms with Crippen LogP contribution in [0.5, 0.6) is 0 Å². The lowest BCUT2D eigenvalue weighted by Gasteiger charge is -2.29. The van der Waals surface area contributed by atoms with Gasteiger partial charge in [0.2, 0.25) is 0 Å². The van der Waals surface area contributed by atoms with E-state index in [2.05, 4.69) is 47.5 Å². The fourth-order valence-corrected chi connectivity index (χ4v) is 2.78. The van der Waals surface area contributed by atoms with Gasteiger partial charge in [0.05, 0.1) is 12.0 Å². The predicted molar refractivity (Wildman–Crippen MR) is 79.2 cm³/mol. The Kier molecular flexibility index (Phi) is 4.99. The number of hydrogen-bond donors (Lipinski definition) is 1. The zero-order chi connectivity index (χ0) is 13.8. The summed E-state index contributed by atoms with van der Waals surface area (Å²) in [6.45, 7) is 12.3. The maximum atomic E-state index is 4.31. The molecule has 0 aromatic carbocycles. The van der Waals surface area contributed by atoms with E-state index in [4.69, 9.17) is 0 Å². The van der Waals surface area contributed by atoms with Crippen LogP contribution in [0.4, 0.5) is 0 Å². The Morgan fingerprint density at radius 1 is 1.42 bits per heavy atom. The van der Waals surface area contributed by atoms with Crippen LogP contribution in [0.2, 0.25) is 0 Å². The van der Waals surface area contributed by atoms with Gasteiger partial charge in [-0.2, -0.15) is 0 Å². The Morgan fingerprint density at radius 3 is 2.79 bits per heavy atom. The summed E-state index contributed by atoms with van der Waals surface area (Å²) >= 11 is 0. The van der Waals surface area contributed by atoms with Gasteiger partial charge in [0.25, 0.3) is 0 Å². The first kappa shape index (κ1) is 14.5. The summed E-state index contributed by atoms with van der Waals surface area (Å²) in [7, 11) is 0. The molecule has 4 nitrogen and oxygen atoms in total. The molecule has 2 heterocycles. The molecule has 1 saturated heterocycles. The van der Waals surface area contributed by atoms with Gasteiger partial charge in [-0.3, -0.25) is 4.90 Å². The largest absolute Gasteiger partial charge is 0.331 e. The molecule has 0 saturated carbocycles. The van der Waals surface area contributed by atoms with Gasteiger partial charge in [-0.1, -0.05) is 0 Å². The van der Waals surface area contributed by atoms with Crippen molar-refractivity contribution in [1.82, 2.24) is 19.8 Å². The summed E-state index contributed by atoms with van der Waals surface area (Å²) in [5, 5.41) is 3.59. The average molecular weight is 264 g/mol. The first-order valence-electron chi connectivity index (χ1n) is 7.56. The van der Waals surface area contributed by atoms with Crippen molar-refractivity contribution in [3.63, 3.8) is 0 Å². The molecule has 1 aromatic heterocycles.